The average Bonchev–Trinajstić information content (AvgIpc) is 3.13. The van der Waals surface area contributed by atoms with E-state index in [-0.39, 0.29) is 18.4 Å². The molecule has 0 radical (unpaired) electrons. The molecule has 3 rings (SSSR count). The highest BCUT2D eigenvalue weighted by Gasteiger charge is 2.49. The highest BCUT2D eigenvalue weighted by Crippen LogP contribution is 2.42. The fourth-order valence-corrected chi connectivity index (χ4v) is 3.78. The maximum Gasteiger partial charge on any atom is 0.326 e. The zero-order valence-corrected chi connectivity index (χ0v) is 13.1. The summed E-state index contributed by atoms with van der Waals surface area (Å²) in [4.78, 5) is 25.4. The first-order valence-corrected chi connectivity index (χ1v) is 7.89. The van der Waals surface area contributed by atoms with Crippen LogP contribution in [0.4, 0.5) is 0 Å². The molecule has 23 heavy (non-hydrogen) atoms. The van der Waals surface area contributed by atoms with E-state index in [1.54, 1.807) is 31.4 Å². The molecule has 0 spiro atoms. The van der Waals surface area contributed by atoms with Gasteiger partial charge in [-0.25, -0.2) is 4.79 Å². The van der Waals surface area contributed by atoms with E-state index in [4.69, 9.17) is 9.47 Å². The van der Waals surface area contributed by atoms with E-state index in [9.17, 15) is 14.7 Å². The molecule has 6 heteroatoms. The molecule has 1 aliphatic heterocycles. The summed E-state index contributed by atoms with van der Waals surface area (Å²) in [6, 6.07) is 6.24. The van der Waals surface area contributed by atoms with Crippen LogP contribution in [-0.4, -0.2) is 48.2 Å². The van der Waals surface area contributed by atoms with Gasteiger partial charge in [-0.15, -0.1) is 0 Å². The lowest BCUT2D eigenvalue weighted by molar-refractivity contribution is -0.150. The van der Waals surface area contributed by atoms with Crippen molar-refractivity contribution in [3.8, 4) is 11.5 Å². The van der Waals surface area contributed by atoms with E-state index >= 15 is 0 Å². The van der Waals surface area contributed by atoms with E-state index in [0.717, 1.165) is 19.3 Å². The summed E-state index contributed by atoms with van der Waals surface area (Å²) in [5.41, 5.74) is 0. The first-order chi connectivity index (χ1) is 11.1. The second-order valence-electron chi connectivity index (χ2n) is 6.15. The Balaban J connectivity index is 1.61. The number of aliphatic carboxylic acids is 1. The van der Waals surface area contributed by atoms with Crippen molar-refractivity contribution >= 4 is 11.9 Å². The minimum atomic E-state index is -0.905. The SMILES string of the molecule is COc1ccc(OCC(=O)N2CC3CCCC3C2C(=O)O)cc1. The van der Waals surface area contributed by atoms with Gasteiger partial charge < -0.3 is 19.5 Å². The summed E-state index contributed by atoms with van der Waals surface area (Å²) in [7, 11) is 1.58. The number of ether oxygens (including phenoxy) is 2. The summed E-state index contributed by atoms with van der Waals surface area (Å²) in [6.07, 6.45) is 2.96. The topological polar surface area (TPSA) is 76.1 Å². The molecular formula is C17H21NO5. The monoisotopic (exact) mass is 319 g/mol. The van der Waals surface area contributed by atoms with Gasteiger partial charge in [-0.2, -0.15) is 0 Å². The Morgan fingerprint density at radius 3 is 2.57 bits per heavy atom. The number of rotatable bonds is 5. The first-order valence-electron chi connectivity index (χ1n) is 7.89. The van der Waals surface area contributed by atoms with Crippen molar-refractivity contribution in [3.05, 3.63) is 24.3 Å². The van der Waals surface area contributed by atoms with Crippen LogP contribution in [-0.2, 0) is 9.59 Å². The van der Waals surface area contributed by atoms with Crippen LogP contribution in [0.15, 0.2) is 24.3 Å². The quantitative estimate of drug-likeness (QED) is 0.895. The maximum absolute atomic E-state index is 12.4. The molecular weight excluding hydrogens is 298 g/mol. The van der Waals surface area contributed by atoms with Crippen LogP contribution in [0.1, 0.15) is 19.3 Å². The average molecular weight is 319 g/mol. The Labute approximate surface area is 135 Å². The van der Waals surface area contributed by atoms with Crippen LogP contribution >= 0.6 is 0 Å². The van der Waals surface area contributed by atoms with Crippen molar-refractivity contribution in [2.24, 2.45) is 11.8 Å². The van der Waals surface area contributed by atoms with Gasteiger partial charge in [-0.1, -0.05) is 6.42 Å². The first kappa shape index (κ1) is 15.6. The maximum atomic E-state index is 12.4. The highest BCUT2D eigenvalue weighted by molar-refractivity contribution is 5.85. The lowest BCUT2D eigenvalue weighted by atomic mass is 9.94. The Morgan fingerprint density at radius 1 is 1.22 bits per heavy atom. The molecule has 3 atom stereocenters. The van der Waals surface area contributed by atoms with E-state index in [1.165, 1.54) is 4.90 Å². The van der Waals surface area contributed by atoms with E-state index in [1.807, 2.05) is 0 Å². The summed E-state index contributed by atoms with van der Waals surface area (Å²) in [5.74, 6) is 0.519. The number of carboxylic acid groups (broad SMARTS) is 1. The van der Waals surface area contributed by atoms with Gasteiger partial charge in [0.05, 0.1) is 7.11 Å². The number of nitrogens with zero attached hydrogens (tertiary/aromatic N) is 1. The van der Waals surface area contributed by atoms with E-state index in [0.29, 0.717) is 24.0 Å². The summed E-state index contributed by atoms with van der Waals surface area (Å²) in [5, 5.41) is 9.47. The molecule has 1 saturated carbocycles. The van der Waals surface area contributed by atoms with Gasteiger partial charge in [0.1, 0.15) is 17.5 Å². The van der Waals surface area contributed by atoms with Crippen LogP contribution in [0, 0.1) is 11.8 Å². The Hall–Kier alpha value is -2.24. The molecule has 2 fully saturated rings. The van der Waals surface area contributed by atoms with Crippen LogP contribution in [0.5, 0.6) is 11.5 Å². The number of amides is 1. The normalized spacial score (nSPS) is 26.0. The molecule has 6 nitrogen and oxygen atoms in total. The third-order valence-corrected chi connectivity index (χ3v) is 4.89. The fraction of sp³-hybridized carbons (Fsp3) is 0.529. The molecule has 1 N–H and O–H groups in total. The van der Waals surface area contributed by atoms with Gasteiger partial charge in [0.25, 0.3) is 5.91 Å². The molecule has 124 valence electrons. The Morgan fingerprint density at radius 2 is 1.91 bits per heavy atom. The van der Waals surface area contributed by atoms with Gasteiger partial charge in [0.2, 0.25) is 0 Å². The number of carbonyl (C=O) groups excluding carboxylic acids is 1. The number of fused-ring (bicyclic) bond motifs is 1. The third kappa shape index (κ3) is 3.11. The number of hydrogen-bond acceptors (Lipinski definition) is 4. The van der Waals surface area contributed by atoms with Gasteiger partial charge in [-0.3, -0.25) is 4.79 Å². The molecule has 1 aliphatic carbocycles. The molecule has 1 aromatic rings. The Bertz CT molecular complexity index is 585. The van der Waals surface area contributed by atoms with Gasteiger partial charge in [-0.05, 0) is 48.9 Å². The second kappa shape index (κ2) is 6.48. The Kier molecular flexibility index (Phi) is 4.41. The minimum Gasteiger partial charge on any atom is -0.497 e. The number of hydrogen-bond donors (Lipinski definition) is 1. The lowest BCUT2D eigenvalue weighted by Gasteiger charge is -2.24. The number of carboxylic acids is 1. The summed E-state index contributed by atoms with van der Waals surface area (Å²) >= 11 is 0. The van der Waals surface area contributed by atoms with Crippen molar-refractivity contribution in [3.63, 3.8) is 0 Å². The molecule has 1 heterocycles. The van der Waals surface area contributed by atoms with Crippen LogP contribution < -0.4 is 9.47 Å². The zero-order chi connectivity index (χ0) is 16.4. The molecule has 0 aromatic heterocycles. The van der Waals surface area contributed by atoms with Crippen molar-refractivity contribution in [2.45, 2.75) is 25.3 Å². The minimum absolute atomic E-state index is 0.0948. The van der Waals surface area contributed by atoms with Gasteiger partial charge in [0, 0.05) is 6.54 Å². The molecule has 3 unspecified atom stereocenters. The van der Waals surface area contributed by atoms with E-state index in [2.05, 4.69) is 0 Å². The standard InChI is InChI=1S/C17H21NO5/c1-22-12-5-7-13(8-6-12)23-10-15(19)18-9-11-3-2-4-14(11)16(18)17(20)21/h5-8,11,14,16H,2-4,9-10H2,1H3,(H,20,21). The largest absolute Gasteiger partial charge is 0.497 e. The number of methoxy groups -OCH3 is 1. The van der Waals surface area contributed by atoms with Crippen LogP contribution in [0.2, 0.25) is 0 Å². The molecule has 1 amide bonds. The van der Waals surface area contributed by atoms with Crippen molar-refractivity contribution in [1.29, 1.82) is 0 Å². The van der Waals surface area contributed by atoms with Crippen molar-refractivity contribution in [2.75, 3.05) is 20.3 Å². The second-order valence-corrected chi connectivity index (χ2v) is 6.15. The summed E-state index contributed by atoms with van der Waals surface area (Å²) < 4.78 is 10.6. The van der Waals surface area contributed by atoms with Crippen molar-refractivity contribution < 1.29 is 24.2 Å². The molecule has 2 aliphatic rings. The summed E-state index contributed by atoms with van der Waals surface area (Å²) in [6.45, 7) is 0.391. The van der Waals surface area contributed by atoms with Crippen LogP contribution in [0.3, 0.4) is 0 Å². The predicted octanol–water partition coefficient (Wildman–Crippen LogP) is 1.79. The fourth-order valence-electron chi connectivity index (χ4n) is 3.78. The van der Waals surface area contributed by atoms with Crippen LogP contribution in [0.25, 0.3) is 0 Å². The van der Waals surface area contributed by atoms with Gasteiger partial charge >= 0.3 is 5.97 Å². The van der Waals surface area contributed by atoms with E-state index < -0.39 is 12.0 Å². The zero-order valence-electron chi connectivity index (χ0n) is 13.1. The highest BCUT2D eigenvalue weighted by atomic mass is 16.5. The smallest absolute Gasteiger partial charge is 0.326 e. The lowest BCUT2D eigenvalue weighted by Crippen LogP contribution is -2.45. The predicted molar refractivity (Wildman–Crippen MR) is 82.5 cm³/mol. The molecule has 1 aromatic carbocycles. The molecule has 0 bridgehead atoms. The van der Waals surface area contributed by atoms with Gasteiger partial charge in [0.15, 0.2) is 6.61 Å². The molecule has 1 saturated heterocycles. The number of likely N-dealkylation sites (tertiary alicyclic amines) is 1. The number of carbonyl (C=O) groups is 2. The van der Waals surface area contributed by atoms with Crippen molar-refractivity contribution in [1.82, 2.24) is 4.90 Å². The number of benzene rings is 1. The third-order valence-electron chi connectivity index (χ3n) is 4.89.